The van der Waals surface area contributed by atoms with Gasteiger partial charge in [-0.25, -0.2) is 13.1 Å². The van der Waals surface area contributed by atoms with E-state index >= 15 is 0 Å². The number of benzene rings is 1. The third-order valence-corrected chi connectivity index (χ3v) is 5.32. The van der Waals surface area contributed by atoms with Crippen molar-refractivity contribution in [3.8, 4) is 0 Å². The second-order valence-electron chi connectivity index (χ2n) is 5.41. The quantitative estimate of drug-likeness (QED) is 0.821. The number of nitrogens with one attached hydrogen (secondary N) is 1. The van der Waals surface area contributed by atoms with Crippen molar-refractivity contribution in [1.82, 2.24) is 4.72 Å². The minimum Gasteiger partial charge on any atom is -0.397 e. The predicted octanol–water partition coefficient (Wildman–Crippen LogP) is 1.34. The fourth-order valence-electron chi connectivity index (χ4n) is 2.29. The maximum Gasteiger partial charge on any atom is 0.243 e. The first-order valence-corrected chi connectivity index (χ1v) is 7.71. The van der Waals surface area contributed by atoms with Crippen LogP contribution in [0.3, 0.4) is 0 Å². The van der Waals surface area contributed by atoms with Gasteiger partial charge in [0.15, 0.2) is 0 Å². The summed E-state index contributed by atoms with van der Waals surface area (Å²) in [4.78, 5) is 0.181. The first kappa shape index (κ1) is 14.3. The highest BCUT2D eigenvalue weighted by molar-refractivity contribution is 7.89. The van der Waals surface area contributed by atoms with E-state index in [0.717, 1.165) is 5.56 Å². The summed E-state index contributed by atoms with van der Waals surface area (Å²) < 4.78 is 33.1. The van der Waals surface area contributed by atoms with Crippen LogP contribution in [0.15, 0.2) is 17.0 Å². The molecule has 1 atom stereocenters. The van der Waals surface area contributed by atoms with Crippen molar-refractivity contribution < 1.29 is 13.2 Å². The Balaban J connectivity index is 2.43. The van der Waals surface area contributed by atoms with Crippen LogP contribution in [-0.4, -0.2) is 27.2 Å². The summed E-state index contributed by atoms with van der Waals surface area (Å²) in [7, 11) is -3.64. The van der Waals surface area contributed by atoms with E-state index in [0.29, 0.717) is 30.9 Å². The van der Waals surface area contributed by atoms with E-state index in [2.05, 4.69) is 4.72 Å². The number of hydrogen-bond acceptors (Lipinski definition) is 4. The van der Waals surface area contributed by atoms with Crippen molar-refractivity contribution in [1.29, 1.82) is 0 Å². The second-order valence-corrected chi connectivity index (χ2v) is 7.03. The molecular weight excluding hydrogens is 264 g/mol. The molecule has 0 aliphatic carbocycles. The topological polar surface area (TPSA) is 81.4 Å². The molecule has 6 heteroatoms. The van der Waals surface area contributed by atoms with Gasteiger partial charge in [0.2, 0.25) is 10.0 Å². The summed E-state index contributed by atoms with van der Waals surface area (Å²) >= 11 is 0. The number of sulfonamides is 1. The van der Waals surface area contributed by atoms with E-state index in [9.17, 15) is 8.42 Å². The van der Waals surface area contributed by atoms with Crippen molar-refractivity contribution in [2.45, 2.75) is 37.6 Å². The zero-order valence-electron chi connectivity index (χ0n) is 11.5. The molecule has 2 rings (SSSR count). The molecule has 0 saturated carbocycles. The largest absolute Gasteiger partial charge is 0.397 e. The van der Waals surface area contributed by atoms with E-state index in [1.165, 1.54) is 0 Å². The molecule has 1 aliphatic heterocycles. The van der Waals surface area contributed by atoms with Gasteiger partial charge in [0.25, 0.3) is 0 Å². The molecule has 0 aromatic heterocycles. The molecule has 1 aromatic carbocycles. The van der Waals surface area contributed by atoms with Crippen LogP contribution in [0.5, 0.6) is 0 Å². The highest BCUT2D eigenvalue weighted by atomic mass is 32.2. The lowest BCUT2D eigenvalue weighted by atomic mass is 10.0. The monoisotopic (exact) mass is 284 g/mol. The Kier molecular flexibility index (Phi) is 3.59. The molecule has 1 fully saturated rings. The van der Waals surface area contributed by atoms with E-state index in [-0.39, 0.29) is 4.90 Å². The molecule has 1 unspecified atom stereocenters. The molecule has 1 aliphatic rings. The summed E-state index contributed by atoms with van der Waals surface area (Å²) in [5, 5.41) is 0. The van der Waals surface area contributed by atoms with Gasteiger partial charge in [0.05, 0.1) is 17.8 Å². The molecule has 0 amide bonds. The molecule has 3 N–H and O–H groups in total. The third kappa shape index (κ3) is 2.75. The van der Waals surface area contributed by atoms with E-state index < -0.39 is 15.6 Å². The number of nitrogen functional groups attached to an aromatic ring is 1. The Labute approximate surface area is 114 Å². The average molecular weight is 284 g/mol. The van der Waals surface area contributed by atoms with Crippen molar-refractivity contribution in [3.63, 3.8) is 0 Å². The molecule has 0 radical (unpaired) electrons. The van der Waals surface area contributed by atoms with Crippen LogP contribution in [0.1, 0.15) is 24.5 Å². The van der Waals surface area contributed by atoms with Crippen molar-refractivity contribution >= 4 is 15.7 Å². The molecule has 1 heterocycles. The van der Waals surface area contributed by atoms with Crippen LogP contribution < -0.4 is 10.5 Å². The standard InChI is InChI=1S/C13H20N2O3S/c1-9-4-5-10(2)12(11(9)14)19(16,17)15-13(3)6-7-18-8-13/h4-5,15H,6-8,14H2,1-3H3. The number of hydrogen-bond donors (Lipinski definition) is 2. The Morgan fingerprint density at radius 2 is 1.95 bits per heavy atom. The zero-order chi connectivity index (χ0) is 14.3. The van der Waals surface area contributed by atoms with Gasteiger partial charge < -0.3 is 10.5 Å². The number of anilines is 1. The van der Waals surface area contributed by atoms with E-state index in [4.69, 9.17) is 10.5 Å². The van der Waals surface area contributed by atoms with E-state index in [1.807, 2.05) is 13.0 Å². The minimum absolute atomic E-state index is 0.181. The molecule has 1 saturated heterocycles. The fourth-order valence-corrected chi connectivity index (χ4v) is 4.14. The Bertz CT molecular complexity index is 590. The van der Waals surface area contributed by atoms with Gasteiger partial charge in [-0.05, 0) is 38.3 Å². The van der Waals surface area contributed by atoms with E-state index in [1.54, 1.807) is 19.9 Å². The average Bonchev–Trinajstić information content (AvgIpc) is 2.69. The molecule has 19 heavy (non-hydrogen) atoms. The lowest BCUT2D eigenvalue weighted by Crippen LogP contribution is -2.46. The molecular formula is C13H20N2O3S. The maximum atomic E-state index is 12.5. The van der Waals surface area contributed by atoms with Crippen LogP contribution in [0.2, 0.25) is 0 Å². The number of aryl methyl sites for hydroxylation is 2. The summed E-state index contributed by atoms with van der Waals surface area (Å²) in [6.45, 7) is 6.35. The maximum absolute atomic E-state index is 12.5. The molecule has 106 valence electrons. The summed E-state index contributed by atoms with van der Waals surface area (Å²) in [5.41, 5.74) is 7.11. The van der Waals surface area contributed by atoms with Crippen LogP contribution in [0.4, 0.5) is 5.69 Å². The third-order valence-electron chi connectivity index (χ3n) is 3.48. The molecule has 0 spiro atoms. The first-order valence-electron chi connectivity index (χ1n) is 6.23. The molecule has 1 aromatic rings. The van der Waals surface area contributed by atoms with Crippen LogP contribution >= 0.6 is 0 Å². The van der Waals surface area contributed by atoms with Crippen molar-refractivity contribution in [3.05, 3.63) is 23.3 Å². The lowest BCUT2D eigenvalue weighted by Gasteiger charge is -2.24. The smallest absolute Gasteiger partial charge is 0.243 e. The van der Waals surface area contributed by atoms with Gasteiger partial charge in [-0.1, -0.05) is 12.1 Å². The normalized spacial score (nSPS) is 23.7. The Hall–Kier alpha value is -1.11. The van der Waals surface area contributed by atoms with Gasteiger partial charge in [-0.3, -0.25) is 0 Å². The number of rotatable bonds is 3. The minimum atomic E-state index is -3.64. The summed E-state index contributed by atoms with van der Waals surface area (Å²) in [6, 6.07) is 3.60. The van der Waals surface area contributed by atoms with Gasteiger partial charge in [0, 0.05) is 6.61 Å². The predicted molar refractivity (Wildman–Crippen MR) is 74.5 cm³/mol. The van der Waals surface area contributed by atoms with Crippen LogP contribution in [-0.2, 0) is 14.8 Å². The molecule has 5 nitrogen and oxygen atoms in total. The van der Waals surface area contributed by atoms with Gasteiger partial charge in [-0.2, -0.15) is 0 Å². The molecule has 0 bridgehead atoms. The second kappa shape index (κ2) is 4.77. The fraction of sp³-hybridized carbons (Fsp3) is 0.538. The van der Waals surface area contributed by atoms with Gasteiger partial charge in [-0.15, -0.1) is 0 Å². The highest BCUT2D eigenvalue weighted by Crippen LogP contribution is 2.28. The van der Waals surface area contributed by atoms with Gasteiger partial charge in [0.1, 0.15) is 4.90 Å². The van der Waals surface area contributed by atoms with Crippen LogP contribution in [0.25, 0.3) is 0 Å². The summed E-state index contributed by atoms with van der Waals surface area (Å²) in [5.74, 6) is 0. The zero-order valence-corrected chi connectivity index (χ0v) is 12.3. The Morgan fingerprint density at radius 1 is 1.32 bits per heavy atom. The Morgan fingerprint density at radius 3 is 2.53 bits per heavy atom. The number of ether oxygens (including phenoxy) is 1. The van der Waals surface area contributed by atoms with Gasteiger partial charge >= 0.3 is 0 Å². The van der Waals surface area contributed by atoms with Crippen molar-refractivity contribution in [2.24, 2.45) is 0 Å². The SMILES string of the molecule is Cc1ccc(C)c(S(=O)(=O)NC2(C)CCOC2)c1N. The van der Waals surface area contributed by atoms with Crippen molar-refractivity contribution in [2.75, 3.05) is 18.9 Å². The van der Waals surface area contributed by atoms with Crippen LogP contribution in [0, 0.1) is 13.8 Å². The first-order chi connectivity index (χ1) is 8.75. The summed E-state index contributed by atoms with van der Waals surface area (Å²) in [6.07, 6.45) is 0.664. The number of nitrogens with two attached hydrogens (primary N) is 1. The lowest BCUT2D eigenvalue weighted by molar-refractivity contribution is 0.178. The highest BCUT2D eigenvalue weighted by Gasteiger charge is 2.35.